The van der Waals surface area contributed by atoms with Gasteiger partial charge in [-0.2, -0.15) is 26.3 Å². The summed E-state index contributed by atoms with van der Waals surface area (Å²) in [6.07, 6.45) is -11.4. The Morgan fingerprint density at radius 1 is 0.844 bits per heavy atom. The molecular formula is C21H20F6O5. The number of ether oxygens (including phenoxy) is 2. The number of carbonyl (C=O) groups is 1. The zero-order chi connectivity index (χ0) is 24.0. The lowest BCUT2D eigenvalue weighted by atomic mass is 9.92. The van der Waals surface area contributed by atoms with E-state index < -0.39 is 29.5 Å². The van der Waals surface area contributed by atoms with Crippen molar-refractivity contribution in [3.05, 3.63) is 59.7 Å². The van der Waals surface area contributed by atoms with Crippen LogP contribution in [0.25, 0.3) is 0 Å². The minimum Gasteiger partial charge on any atom is -0.493 e. The zero-order valence-electron chi connectivity index (χ0n) is 16.5. The van der Waals surface area contributed by atoms with E-state index in [2.05, 4.69) is 0 Å². The van der Waals surface area contributed by atoms with Gasteiger partial charge < -0.3 is 19.7 Å². The van der Waals surface area contributed by atoms with Crippen LogP contribution in [0.5, 0.6) is 11.5 Å². The minimum absolute atomic E-state index is 0.0336. The molecule has 0 atom stereocenters. The normalized spacial score (nSPS) is 12.5. The van der Waals surface area contributed by atoms with Crippen LogP contribution in [-0.4, -0.2) is 41.7 Å². The molecule has 0 bridgehead atoms. The lowest BCUT2D eigenvalue weighted by molar-refractivity contribution is -0.376. The monoisotopic (exact) mass is 466 g/mol. The molecule has 0 unspecified atom stereocenters. The maximum atomic E-state index is 13.0. The smallest absolute Gasteiger partial charge is 0.430 e. The maximum Gasteiger partial charge on any atom is 0.430 e. The van der Waals surface area contributed by atoms with Crippen LogP contribution < -0.4 is 9.47 Å². The summed E-state index contributed by atoms with van der Waals surface area (Å²) in [4.78, 5) is 10.6. The first-order valence-corrected chi connectivity index (χ1v) is 9.37. The fraction of sp³-hybridized carbons (Fsp3) is 0.381. The number of benzene rings is 2. The average Bonchev–Trinajstić information content (AvgIpc) is 2.70. The van der Waals surface area contributed by atoms with Crippen molar-refractivity contribution in [3.63, 3.8) is 0 Å². The molecule has 176 valence electrons. The summed E-state index contributed by atoms with van der Waals surface area (Å²) < 4.78 is 88.6. The molecule has 0 spiro atoms. The number of aryl methyl sites for hydroxylation is 1. The van der Waals surface area contributed by atoms with Gasteiger partial charge in [0.25, 0.3) is 5.60 Å². The van der Waals surface area contributed by atoms with Gasteiger partial charge >= 0.3 is 18.3 Å². The predicted octanol–water partition coefficient (Wildman–Crippen LogP) is 4.86. The first-order chi connectivity index (χ1) is 14.8. The molecule has 0 saturated carbocycles. The molecule has 0 fully saturated rings. The third-order valence-electron chi connectivity index (χ3n) is 4.42. The van der Waals surface area contributed by atoms with Gasteiger partial charge in [-0.3, -0.25) is 4.79 Å². The van der Waals surface area contributed by atoms with Gasteiger partial charge in [-0.25, -0.2) is 0 Å². The second-order valence-corrected chi connectivity index (χ2v) is 6.83. The van der Waals surface area contributed by atoms with E-state index in [0.29, 0.717) is 24.3 Å². The Hall–Kier alpha value is -2.95. The van der Waals surface area contributed by atoms with Gasteiger partial charge in [-0.05, 0) is 36.2 Å². The number of carboxylic acid groups (broad SMARTS) is 1. The van der Waals surface area contributed by atoms with Crippen molar-refractivity contribution in [1.29, 1.82) is 0 Å². The predicted molar refractivity (Wildman–Crippen MR) is 100 cm³/mol. The molecule has 0 aliphatic carbocycles. The number of hydrogen-bond donors (Lipinski definition) is 2. The molecule has 0 aliphatic rings. The van der Waals surface area contributed by atoms with Crippen molar-refractivity contribution in [3.8, 4) is 11.5 Å². The van der Waals surface area contributed by atoms with Crippen LogP contribution in [0.4, 0.5) is 26.3 Å². The number of aliphatic carboxylic acids is 1. The van der Waals surface area contributed by atoms with E-state index >= 15 is 0 Å². The van der Waals surface area contributed by atoms with Gasteiger partial charge in [0.1, 0.15) is 11.5 Å². The summed E-state index contributed by atoms with van der Waals surface area (Å²) in [5, 5.41) is 18.2. The van der Waals surface area contributed by atoms with Gasteiger partial charge in [-0.1, -0.05) is 24.3 Å². The Morgan fingerprint density at radius 2 is 1.38 bits per heavy atom. The Bertz CT molecular complexity index is 896. The second-order valence-electron chi connectivity index (χ2n) is 6.83. The summed E-state index contributed by atoms with van der Waals surface area (Å²) in [5.41, 5.74) is -5.65. The molecule has 2 rings (SSSR count). The Morgan fingerprint density at radius 3 is 1.91 bits per heavy atom. The second kappa shape index (κ2) is 10.1. The first kappa shape index (κ1) is 25.3. The van der Waals surface area contributed by atoms with Crippen molar-refractivity contribution < 1.29 is 50.8 Å². The molecule has 0 saturated heterocycles. The quantitative estimate of drug-likeness (QED) is 0.386. The molecular weight excluding hydrogens is 446 g/mol. The highest BCUT2D eigenvalue weighted by Gasteiger charge is 2.71. The Kier molecular flexibility index (Phi) is 8.00. The SMILES string of the molecule is O=C(O)CCc1cccc(OCCCOc2cccc(C(O)(C(F)(F)F)C(F)(F)F)c2)c1. The number of hydrogen-bond acceptors (Lipinski definition) is 4. The van der Waals surface area contributed by atoms with E-state index in [0.717, 1.165) is 11.6 Å². The molecule has 0 heterocycles. The molecule has 0 aromatic heterocycles. The van der Waals surface area contributed by atoms with Crippen LogP contribution >= 0.6 is 0 Å². The number of aliphatic hydroxyl groups is 1. The fourth-order valence-corrected chi connectivity index (χ4v) is 2.78. The van der Waals surface area contributed by atoms with E-state index in [4.69, 9.17) is 14.6 Å². The van der Waals surface area contributed by atoms with Crippen LogP contribution in [0, 0.1) is 0 Å². The molecule has 2 aromatic carbocycles. The molecule has 0 radical (unpaired) electrons. The van der Waals surface area contributed by atoms with Crippen LogP contribution in [0.15, 0.2) is 48.5 Å². The molecule has 5 nitrogen and oxygen atoms in total. The highest BCUT2D eigenvalue weighted by atomic mass is 19.4. The van der Waals surface area contributed by atoms with Crippen molar-refractivity contribution in [2.45, 2.75) is 37.2 Å². The summed E-state index contributed by atoms with van der Waals surface area (Å²) in [7, 11) is 0. The third-order valence-corrected chi connectivity index (χ3v) is 4.42. The number of halogens is 6. The summed E-state index contributed by atoms with van der Waals surface area (Å²) in [5.74, 6) is -0.721. The van der Waals surface area contributed by atoms with Gasteiger partial charge in [0.15, 0.2) is 0 Å². The van der Waals surface area contributed by atoms with Crippen molar-refractivity contribution in [2.75, 3.05) is 13.2 Å². The minimum atomic E-state index is -5.98. The van der Waals surface area contributed by atoms with Crippen molar-refractivity contribution >= 4 is 5.97 Å². The maximum absolute atomic E-state index is 13.0. The van der Waals surface area contributed by atoms with E-state index in [1.165, 1.54) is 6.07 Å². The summed E-state index contributed by atoms with van der Waals surface area (Å²) in [6, 6.07) is 9.87. The molecule has 11 heteroatoms. The first-order valence-electron chi connectivity index (χ1n) is 9.37. The molecule has 0 aliphatic heterocycles. The Balaban J connectivity index is 1.92. The van der Waals surface area contributed by atoms with Crippen molar-refractivity contribution in [2.24, 2.45) is 0 Å². The lowest BCUT2D eigenvalue weighted by Gasteiger charge is -2.32. The van der Waals surface area contributed by atoms with Gasteiger partial charge in [0, 0.05) is 18.4 Å². The van der Waals surface area contributed by atoms with Crippen LogP contribution in [0.1, 0.15) is 24.0 Å². The molecule has 2 N–H and O–H groups in total. The number of alkyl halides is 6. The molecule has 2 aromatic rings. The molecule has 32 heavy (non-hydrogen) atoms. The van der Waals surface area contributed by atoms with Crippen LogP contribution in [0.2, 0.25) is 0 Å². The van der Waals surface area contributed by atoms with Gasteiger partial charge in [-0.15, -0.1) is 0 Å². The van der Waals surface area contributed by atoms with E-state index in [1.807, 2.05) is 0 Å². The van der Waals surface area contributed by atoms with E-state index in [1.54, 1.807) is 24.3 Å². The average molecular weight is 466 g/mol. The summed E-state index contributed by atoms with van der Waals surface area (Å²) >= 11 is 0. The van der Waals surface area contributed by atoms with Gasteiger partial charge in [0.05, 0.1) is 13.2 Å². The van der Waals surface area contributed by atoms with Gasteiger partial charge in [0.2, 0.25) is 0 Å². The lowest BCUT2D eigenvalue weighted by Crippen LogP contribution is -2.53. The molecule has 0 amide bonds. The van der Waals surface area contributed by atoms with Crippen LogP contribution in [-0.2, 0) is 16.8 Å². The third kappa shape index (κ3) is 6.28. The number of rotatable bonds is 10. The standard InChI is InChI=1S/C21H20F6O5/c22-20(23,24)19(30,21(25,26)27)15-5-2-7-17(13-15)32-11-3-10-31-16-6-1-4-14(12-16)8-9-18(28)29/h1-2,4-7,12-13,30H,3,8-11H2,(H,28,29). The van der Waals surface area contributed by atoms with E-state index in [9.17, 15) is 36.2 Å². The zero-order valence-corrected chi connectivity index (χ0v) is 16.5. The highest BCUT2D eigenvalue weighted by Crippen LogP contribution is 2.50. The number of carboxylic acids is 1. The summed E-state index contributed by atoms with van der Waals surface area (Å²) in [6.45, 7) is 0.0652. The highest BCUT2D eigenvalue weighted by molar-refractivity contribution is 5.67. The van der Waals surface area contributed by atoms with Crippen LogP contribution in [0.3, 0.4) is 0 Å². The largest absolute Gasteiger partial charge is 0.493 e. The van der Waals surface area contributed by atoms with E-state index in [-0.39, 0.29) is 31.8 Å². The topological polar surface area (TPSA) is 76.0 Å². The fourth-order valence-electron chi connectivity index (χ4n) is 2.78. The van der Waals surface area contributed by atoms with Crippen molar-refractivity contribution in [1.82, 2.24) is 0 Å². The Labute approximate surface area is 179 Å².